The van der Waals surface area contributed by atoms with Crippen LogP contribution in [-0.2, 0) is 4.79 Å². The van der Waals surface area contributed by atoms with Crippen LogP contribution in [-0.4, -0.2) is 23.8 Å². The number of anilines is 1. The number of thioether (sulfide) groups is 1. The van der Waals surface area contributed by atoms with E-state index in [1.807, 2.05) is 31.2 Å². The number of aryl methyl sites for hydroxylation is 1. The number of hydrogen-bond acceptors (Lipinski definition) is 5. The normalized spacial score (nSPS) is 18.6. The van der Waals surface area contributed by atoms with Crippen molar-refractivity contribution in [3.8, 4) is 5.75 Å². The van der Waals surface area contributed by atoms with Crippen LogP contribution >= 0.6 is 23.1 Å². The molecule has 0 saturated carbocycles. The summed E-state index contributed by atoms with van der Waals surface area (Å²) >= 11 is 3.15. The minimum Gasteiger partial charge on any atom is -0.496 e. The quantitative estimate of drug-likeness (QED) is 0.873. The van der Waals surface area contributed by atoms with Crippen LogP contribution in [0.15, 0.2) is 30.5 Å². The van der Waals surface area contributed by atoms with Gasteiger partial charge in [-0.3, -0.25) is 9.69 Å². The fraction of sp³-hybridized carbons (Fsp3) is 0.286. The molecule has 1 saturated heterocycles. The number of rotatable bonds is 3. The summed E-state index contributed by atoms with van der Waals surface area (Å²) in [5.74, 6) is 1.37. The van der Waals surface area contributed by atoms with E-state index < -0.39 is 0 Å². The van der Waals surface area contributed by atoms with Crippen molar-refractivity contribution in [2.75, 3.05) is 17.8 Å². The highest BCUT2D eigenvalue weighted by molar-refractivity contribution is 8.00. The molecular formula is C14H14N2O2S2. The van der Waals surface area contributed by atoms with Crippen LogP contribution in [0.1, 0.15) is 15.8 Å². The molecule has 104 valence electrons. The number of thiazole rings is 1. The summed E-state index contributed by atoms with van der Waals surface area (Å²) in [7, 11) is 1.65. The Hall–Kier alpha value is -1.53. The van der Waals surface area contributed by atoms with Crippen LogP contribution in [0, 0.1) is 6.92 Å². The molecular weight excluding hydrogens is 292 g/mol. The number of methoxy groups -OCH3 is 1. The van der Waals surface area contributed by atoms with Gasteiger partial charge < -0.3 is 4.74 Å². The van der Waals surface area contributed by atoms with Crippen LogP contribution in [0.3, 0.4) is 0 Å². The highest BCUT2D eigenvalue weighted by atomic mass is 32.2. The maximum absolute atomic E-state index is 12.2. The molecule has 1 aliphatic rings. The number of benzene rings is 1. The number of aromatic nitrogens is 1. The highest BCUT2D eigenvalue weighted by Crippen LogP contribution is 2.45. The third kappa shape index (κ3) is 2.29. The van der Waals surface area contributed by atoms with Crippen molar-refractivity contribution in [2.24, 2.45) is 0 Å². The fourth-order valence-corrected chi connectivity index (χ4v) is 4.24. The van der Waals surface area contributed by atoms with E-state index in [0.29, 0.717) is 5.75 Å². The number of amides is 1. The Bertz CT molecular complexity index is 642. The first-order valence-corrected chi connectivity index (χ1v) is 8.06. The maximum Gasteiger partial charge on any atom is 0.240 e. The summed E-state index contributed by atoms with van der Waals surface area (Å²) in [6.45, 7) is 1.99. The van der Waals surface area contributed by atoms with Crippen molar-refractivity contribution < 1.29 is 9.53 Å². The lowest BCUT2D eigenvalue weighted by Gasteiger charge is -2.23. The van der Waals surface area contributed by atoms with E-state index in [1.165, 1.54) is 0 Å². The topological polar surface area (TPSA) is 42.4 Å². The predicted octanol–water partition coefficient (Wildman–Crippen LogP) is 3.24. The molecule has 1 fully saturated rings. The second kappa shape index (κ2) is 5.46. The SMILES string of the molecule is COc1ccccc1[C@@H]1SCC(=O)N1c1ncc(C)s1. The molecule has 1 aromatic carbocycles. The average molecular weight is 306 g/mol. The Morgan fingerprint density at radius 1 is 1.40 bits per heavy atom. The van der Waals surface area contributed by atoms with Gasteiger partial charge in [-0.2, -0.15) is 0 Å². The van der Waals surface area contributed by atoms with E-state index in [4.69, 9.17) is 4.74 Å². The van der Waals surface area contributed by atoms with E-state index in [1.54, 1.807) is 41.3 Å². The zero-order chi connectivity index (χ0) is 14.1. The molecule has 2 aromatic rings. The molecule has 0 radical (unpaired) electrons. The smallest absolute Gasteiger partial charge is 0.240 e. The van der Waals surface area contributed by atoms with E-state index in [0.717, 1.165) is 21.3 Å². The fourth-order valence-electron chi connectivity index (χ4n) is 2.19. The molecule has 2 heterocycles. The van der Waals surface area contributed by atoms with E-state index in [-0.39, 0.29) is 11.3 Å². The Morgan fingerprint density at radius 2 is 2.20 bits per heavy atom. The first-order chi connectivity index (χ1) is 9.70. The van der Waals surface area contributed by atoms with Gasteiger partial charge in [0, 0.05) is 16.6 Å². The largest absolute Gasteiger partial charge is 0.496 e. The zero-order valence-corrected chi connectivity index (χ0v) is 12.8. The first kappa shape index (κ1) is 13.5. The van der Waals surface area contributed by atoms with Gasteiger partial charge in [-0.05, 0) is 13.0 Å². The zero-order valence-electron chi connectivity index (χ0n) is 11.2. The molecule has 0 spiro atoms. The standard InChI is InChI=1S/C14H14N2O2S2/c1-9-7-15-14(20-9)16-12(17)8-19-13(16)10-5-3-4-6-11(10)18-2/h3-7,13H,8H2,1-2H3/t13-/m0/s1. The van der Waals surface area contributed by atoms with E-state index >= 15 is 0 Å². The van der Waals surface area contributed by atoms with Crippen LogP contribution in [0.4, 0.5) is 5.13 Å². The van der Waals surface area contributed by atoms with Crippen molar-refractivity contribution >= 4 is 34.1 Å². The number of carbonyl (C=O) groups is 1. The molecule has 0 unspecified atom stereocenters. The third-order valence-corrected chi connectivity index (χ3v) is 5.19. The molecule has 3 rings (SSSR count). The van der Waals surface area contributed by atoms with Gasteiger partial charge in [-0.25, -0.2) is 4.98 Å². The summed E-state index contributed by atoms with van der Waals surface area (Å²) in [5, 5.41) is 0.692. The minimum atomic E-state index is -0.0656. The lowest BCUT2D eigenvalue weighted by atomic mass is 10.2. The summed E-state index contributed by atoms with van der Waals surface area (Å²) in [4.78, 5) is 19.4. The number of nitrogens with zero attached hydrogens (tertiary/aromatic N) is 2. The Balaban J connectivity index is 2.02. The van der Waals surface area contributed by atoms with Gasteiger partial charge in [-0.15, -0.1) is 23.1 Å². The molecule has 1 aromatic heterocycles. The summed E-state index contributed by atoms with van der Waals surface area (Å²) in [6.07, 6.45) is 1.80. The summed E-state index contributed by atoms with van der Waals surface area (Å²) in [6, 6.07) is 7.82. The van der Waals surface area contributed by atoms with Crippen LogP contribution in [0.2, 0.25) is 0 Å². The number of hydrogen-bond donors (Lipinski definition) is 0. The molecule has 20 heavy (non-hydrogen) atoms. The first-order valence-electron chi connectivity index (χ1n) is 6.19. The summed E-state index contributed by atoms with van der Waals surface area (Å²) in [5.41, 5.74) is 1.01. The van der Waals surface area contributed by atoms with Gasteiger partial charge in [0.2, 0.25) is 5.91 Å². The van der Waals surface area contributed by atoms with Crippen LogP contribution in [0.5, 0.6) is 5.75 Å². The molecule has 4 nitrogen and oxygen atoms in total. The van der Waals surface area contributed by atoms with Crippen molar-refractivity contribution in [2.45, 2.75) is 12.3 Å². The van der Waals surface area contributed by atoms with Gasteiger partial charge in [0.25, 0.3) is 0 Å². The third-order valence-electron chi connectivity index (χ3n) is 3.09. The van der Waals surface area contributed by atoms with Gasteiger partial charge in [0.1, 0.15) is 11.1 Å². The maximum atomic E-state index is 12.2. The molecule has 1 amide bonds. The van der Waals surface area contributed by atoms with Crippen molar-refractivity contribution in [1.82, 2.24) is 4.98 Å². The second-order valence-corrected chi connectivity index (χ2v) is 6.70. The van der Waals surface area contributed by atoms with Crippen molar-refractivity contribution in [3.05, 3.63) is 40.9 Å². The number of para-hydroxylation sites is 1. The Morgan fingerprint density at radius 3 is 2.90 bits per heavy atom. The van der Waals surface area contributed by atoms with Crippen molar-refractivity contribution in [3.63, 3.8) is 0 Å². The molecule has 0 bridgehead atoms. The number of carbonyl (C=O) groups excluding carboxylic acids is 1. The molecule has 0 aliphatic carbocycles. The van der Waals surface area contributed by atoms with Crippen LogP contribution in [0.25, 0.3) is 0 Å². The van der Waals surface area contributed by atoms with Crippen molar-refractivity contribution in [1.29, 1.82) is 0 Å². The monoisotopic (exact) mass is 306 g/mol. The van der Waals surface area contributed by atoms with Gasteiger partial charge in [-0.1, -0.05) is 18.2 Å². The molecule has 6 heteroatoms. The summed E-state index contributed by atoms with van der Waals surface area (Å²) < 4.78 is 5.41. The Labute approximate surface area is 125 Å². The Kier molecular flexibility index (Phi) is 3.67. The number of ether oxygens (including phenoxy) is 1. The van der Waals surface area contributed by atoms with Gasteiger partial charge in [0.15, 0.2) is 5.13 Å². The van der Waals surface area contributed by atoms with Gasteiger partial charge in [0.05, 0.1) is 12.9 Å². The molecule has 0 N–H and O–H groups in total. The molecule has 1 aliphatic heterocycles. The van der Waals surface area contributed by atoms with E-state index in [2.05, 4.69) is 4.98 Å². The lowest BCUT2D eigenvalue weighted by molar-refractivity contribution is -0.115. The van der Waals surface area contributed by atoms with Crippen LogP contribution < -0.4 is 9.64 Å². The second-order valence-electron chi connectivity index (χ2n) is 4.42. The van der Waals surface area contributed by atoms with E-state index in [9.17, 15) is 4.79 Å². The van der Waals surface area contributed by atoms with Gasteiger partial charge >= 0.3 is 0 Å². The lowest BCUT2D eigenvalue weighted by Crippen LogP contribution is -2.27. The predicted molar refractivity (Wildman–Crippen MR) is 82.5 cm³/mol. The minimum absolute atomic E-state index is 0.0656. The average Bonchev–Trinajstić information content (AvgIpc) is 3.04. The highest BCUT2D eigenvalue weighted by Gasteiger charge is 2.37. The molecule has 1 atom stereocenters.